The van der Waals surface area contributed by atoms with Crippen LogP contribution < -0.4 is 5.73 Å². The average molecular weight is 415 g/mol. The van der Waals surface area contributed by atoms with Gasteiger partial charge in [-0.2, -0.15) is 15.8 Å². The molecule has 0 saturated carbocycles. The fourth-order valence-corrected chi connectivity index (χ4v) is 4.92. The van der Waals surface area contributed by atoms with E-state index in [-0.39, 0.29) is 22.6 Å². The third kappa shape index (κ3) is 3.47. The van der Waals surface area contributed by atoms with Crippen molar-refractivity contribution in [1.29, 1.82) is 15.8 Å². The minimum Gasteiger partial charge on any atom is -0.465 e. The van der Waals surface area contributed by atoms with Gasteiger partial charge < -0.3 is 10.5 Å². The molecule has 6 heteroatoms. The number of allylic oxidation sites excluding steroid dienone is 4. The summed E-state index contributed by atoms with van der Waals surface area (Å²) < 4.78 is 4.77. The van der Waals surface area contributed by atoms with Gasteiger partial charge in [0.1, 0.15) is 6.07 Å². The highest BCUT2D eigenvalue weighted by Crippen LogP contribution is 2.57. The molecule has 6 nitrogen and oxygen atoms in total. The number of carbonyl (C=O) groups is 1. The lowest BCUT2D eigenvalue weighted by atomic mass is 9.54. The van der Waals surface area contributed by atoms with Gasteiger partial charge in [0.05, 0.1) is 36.1 Å². The molecular weight excluding hydrogens is 388 g/mol. The second-order valence-corrected chi connectivity index (χ2v) is 9.32. The van der Waals surface area contributed by atoms with Gasteiger partial charge in [-0.25, -0.2) is 4.79 Å². The van der Waals surface area contributed by atoms with E-state index in [2.05, 4.69) is 45.1 Å². The van der Waals surface area contributed by atoms with Gasteiger partial charge in [0.2, 0.25) is 0 Å². The van der Waals surface area contributed by atoms with Gasteiger partial charge in [-0.1, -0.05) is 39.0 Å². The Hall–Kier alpha value is -3.56. The van der Waals surface area contributed by atoms with Gasteiger partial charge in [-0.3, -0.25) is 0 Å². The van der Waals surface area contributed by atoms with Crippen LogP contribution in [0.1, 0.15) is 55.5 Å². The highest BCUT2D eigenvalue weighted by atomic mass is 16.5. The molecule has 3 atom stereocenters. The number of ether oxygens (including phenoxy) is 1. The zero-order valence-electron chi connectivity index (χ0n) is 18.3. The van der Waals surface area contributed by atoms with Crippen LogP contribution in [0.15, 0.2) is 47.2 Å². The maximum atomic E-state index is 11.9. The number of hydrogen-bond donors (Lipinski definition) is 1. The van der Waals surface area contributed by atoms with Crippen molar-refractivity contribution >= 4 is 5.97 Å². The second kappa shape index (κ2) is 7.93. The maximum absolute atomic E-state index is 11.9. The Kier molecular flexibility index (Phi) is 5.66. The molecule has 0 heterocycles. The van der Waals surface area contributed by atoms with Crippen LogP contribution in [0.4, 0.5) is 0 Å². The largest absolute Gasteiger partial charge is 0.465 e. The molecular formula is C25H26N4O2. The molecule has 31 heavy (non-hydrogen) atoms. The van der Waals surface area contributed by atoms with E-state index < -0.39 is 17.3 Å². The summed E-state index contributed by atoms with van der Waals surface area (Å²) in [4.78, 5) is 11.9. The number of benzene rings is 1. The number of nitriles is 3. The molecule has 0 spiro atoms. The molecule has 0 unspecified atom stereocenters. The van der Waals surface area contributed by atoms with Crippen LogP contribution in [0.5, 0.6) is 0 Å². The first-order valence-corrected chi connectivity index (χ1v) is 10.3. The zero-order valence-corrected chi connectivity index (χ0v) is 18.3. The van der Waals surface area contributed by atoms with Crippen LogP contribution >= 0.6 is 0 Å². The summed E-state index contributed by atoms with van der Waals surface area (Å²) >= 11 is 0. The van der Waals surface area contributed by atoms with E-state index in [4.69, 9.17) is 10.5 Å². The average Bonchev–Trinajstić information content (AvgIpc) is 2.77. The zero-order chi connectivity index (χ0) is 23.0. The van der Waals surface area contributed by atoms with Crippen LogP contribution in [-0.4, -0.2) is 13.1 Å². The Morgan fingerprint density at radius 3 is 2.26 bits per heavy atom. The summed E-state index contributed by atoms with van der Waals surface area (Å²) in [6, 6.07) is 13.2. The standard InChI is InChI=1S/C25H26N4O2/c1-24(2,3)17-9-10-18-19(11-17)21(15-5-7-16(8-6-15)23(30)31-4)25(13-27,14-28)22(29)20(18)12-26/h5-8,10,17,19,21H,9,11,29H2,1-4H3/t17-,19-,21-/m1/s1. The topological polar surface area (TPSA) is 124 Å². The molecule has 0 saturated heterocycles. The minimum absolute atomic E-state index is 0.0127. The van der Waals surface area contributed by atoms with Crippen molar-refractivity contribution in [2.45, 2.75) is 39.5 Å². The smallest absolute Gasteiger partial charge is 0.337 e. The predicted molar refractivity (Wildman–Crippen MR) is 115 cm³/mol. The second-order valence-electron chi connectivity index (χ2n) is 9.32. The number of nitrogens with two attached hydrogens (primary N) is 1. The van der Waals surface area contributed by atoms with Crippen molar-refractivity contribution in [2.75, 3.05) is 7.11 Å². The Bertz CT molecular complexity index is 1070. The first-order valence-electron chi connectivity index (χ1n) is 10.3. The van der Waals surface area contributed by atoms with Crippen molar-refractivity contribution in [2.24, 2.45) is 28.4 Å². The lowest BCUT2D eigenvalue weighted by Gasteiger charge is -2.47. The molecule has 1 aromatic carbocycles. The van der Waals surface area contributed by atoms with E-state index >= 15 is 0 Å². The van der Waals surface area contributed by atoms with Gasteiger partial charge in [-0.05, 0) is 53.4 Å². The van der Waals surface area contributed by atoms with E-state index in [0.29, 0.717) is 11.5 Å². The van der Waals surface area contributed by atoms with E-state index in [0.717, 1.165) is 24.0 Å². The summed E-state index contributed by atoms with van der Waals surface area (Å²) in [5.41, 5.74) is 6.91. The third-order valence-corrected chi connectivity index (χ3v) is 6.79. The minimum atomic E-state index is -1.67. The first kappa shape index (κ1) is 22.1. The van der Waals surface area contributed by atoms with Gasteiger partial charge in [-0.15, -0.1) is 0 Å². The summed E-state index contributed by atoms with van der Waals surface area (Å²) in [6.07, 6.45) is 3.61. The summed E-state index contributed by atoms with van der Waals surface area (Å²) in [6.45, 7) is 6.53. The van der Waals surface area contributed by atoms with E-state index in [1.807, 2.05) is 0 Å². The van der Waals surface area contributed by atoms with Crippen LogP contribution in [0, 0.1) is 56.7 Å². The van der Waals surface area contributed by atoms with E-state index in [1.54, 1.807) is 24.3 Å². The summed E-state index contributed by atoms with van der Waals surface area (Å²) in [5.74, 6) is -0.891. The molecule has 0 aliphatic heterocycles. The van der Waals surface area contributed by atoms with E-state index in [9.17, 15) is 20.6 Å². The lowest BCUT2D eigenvalue weighted by molar-refractivity contribution is 0.0600. The Morgan fingerprint density at radius 2 is 1.77 bits per heavy atom. The number of esters is 1. The number of nitrogens with zero attached hydrogens (tertiary/aromatic N) is 3. The fraction of sp³-hybridized carbons (Fsp3) is 0.440. The van der Waals surface area contributed by atoms with Crippen molar-refractivity contribution in [3.63, 3.8) is 0 Å². The Balaban J connectivity index is 2.24. The van der Waals surface area contributed by atoms with Gasteiger partial charge in [0.25, 0.3) is 0 Å². The van der Waals surface area contributed by atoms with Crippen molar-refractivity contribution in [3.8, 4) is 18.2 Å². The molecule has 0 aromatic heterocycles. The van der Waals surface area contributed by atoms with Crippen molar-refractivity contribution < 1.29 is 9.53 Å². The van der Waals surface area contributed by atoms with Crippen LogP contribution in [0.25, 0.3) is 0 Å². The number of methoxy groups -OCH3 is 1. The Labute approximate surface area is 183 Å². The monoisotopic (exact) mass is 414 g/mol. The fourth-order valence-electron chi connectivity index (χ4n) is 4.92. The molecule has 158 valence electrons. The number of fused-ring (bicyclic) bond motifs is 1. The highest BCUT2D eigenvalue weighted by molar-refractivity contribution is 5.89. The molecule has 3 rings (SSSR count). The summed E-state index contributed by atoms with van der Waals surface area (Å²) in [7, 11) is 1.31. The molecule has 2 aliphatic rings. The van der Waals surface area contributed by atoms with Gasteiger partial charge >= 0.3 is 5.97 Å². The summed E-state index contributed by atoms with van der Waals surface area (Å²) in [5, 5.41) is 30.2. The normalized spacial score (nSPS) is 24.7. The van der Waals surface area contributed by atoms with Crippen LogP contribution in [-0.2, 0) is 4.74 Å². The van der Waals surface area contributed by atoms with Crippen LogP contribution in [0.2, 0.25) is 0 Å². The van der Waals surface area contributed by atoms with Gasteiger partial charge in [0.15, 0.2) is 5.41 Å². The van der Waals surface area contributed by atoms with Crippen molar-refractivity contribution in [1.82, 2.24) is 0 Å². The first-order chi connectivity index (χ1) is 14.6. The third-order valence-electron chi connectivity index (χ3n) is 6.79. The maximum Gasteiger partial charge on any atom is 0.337 e. The number of hydrogen-bond acceptors (Lipinski definition) is 6. The van der Waals surface area contributed by atoms with Crippen molar-refractivity contribution in [3.05, 3.63) is 58.3 Å². The molecule has 0 fully saturated rings. The predicted octanol–water partition coefficient (Wildman–Crippen LogP) is 4.34. The molecule has 2 N–H and O–H groups in total. The SMILES string of the molecule is COC(=O)c1ccc([C@@H]2[C@@H]3C[C@H](C(C)(C)C)CC=C3C(C#N)=C(N)C2(C#N)C#N)cc1. The Morgan fingerprint density at radius 1 is 1.16 bits per heavy atom. The number of carbonyl (C=O) groups excluding carboxylic acids is 1. The molecule has 2 aliphatic carbocycles. The quantitative estimate of drug-likeness (QED) is 0.718. The molecule has 0 amide bonds. The van der Waals surface area contributed by atoms with Gasteiger partial charge in [0, 0.05) is 5.92 Å². The highest BCUT2D eigenvalue weighted by Gasteiger charge is 2.55. The molecule has 0 bridgehead atoms. The number of rotatable bonds is 2. The van der Waals surface area contributed by atoms with E-state index in [1.165, 1.54) is 7.11 Å². The lowest BCUT2D eigenvalue weighted by Crippen LogP contribution is -2.44. The molecule has 0 radical (unpaired) electrons. The van der Waals surface area contributed by atoms with Crippen LogP contribution in [0.3, 0.4) is 0 Å². The molecule has 1 aromatic rings.